The first kappa shape index (κ1) is 22.4. The fraction of sp³-hybridized carbons (Fsp3) is 0.120. The van der Waals surface area contributed by atoms with Crippen LogP contribution in [-0.4, -0.2) is 28.4 Å². The van der Waals surface area contributed by atoms with Crippen molar-refractivity contribution in [1.29, 1.82) is 0 Å². The highest BCUT2D eigenvalue weighted by atomic mass is 79.9. The third kappa shape index (κ3) is 5.35. The highest BCUT2D eigenvalue weighted by Gasteiger charge is 2.09. The van der Waals surface area contributed by atoms with Crippen LogP contribution < -0.4 is 15.6 Å². The smallest absolute Gasteiger partial charge is 0.282 e. The van der Waals surface area contributed by atoms with Crippen LogP contribution in [0.25, 0.3) is 10.9 Å². The number of aryl methyl sites for hydroxylation is 2. The number of nitrogens with one attached hydrogen (secondary N) is 1. The molecule has 8 heteroatoms. The molecule has 4 rings (SSSR count). The third-order valence-corrected chi connectivity index (χ3v) is 5.39. The van der Waals surface area contributed by atoms with Gasteiger partial charge in [0.05, 0.1) is 17.1 Å². The Kier molecular flexibility index (Phi) is 6.65. The van der Waals surface area contributed by atoms with Crippen molar-refractivity contribution in [2.24, 2.45) is 5.10 Å². The summed E-state index contributed by atoms with van der Waals surface area (Å²) in [6.45, 7) is 3.54. The number of fused-ring (bicyclic) bond motifs is 1. The maximum atomic E-state index is 12.9. The summed E-state index contributed by atoms with van der Waals surface area (Å²) < 4.78 is 7.75. The second kappa shape index (κ2) is 9.79. The lowest BCUT2D eigenvalue weighted by Crippen LogP contribution is -2.21. The first-order valence-electron chi connectivity index (χ1n) is 10.2. The zero-order valence-electron chi connectivity index (χ0n) is 18.1. The standard InChI is InChI=1S/C25H21BrN4O3/c1-16-7-10-20(11-8-16)29-24(31)15-33-23-6-4-3-5-18(23)14-27-30-17(2)28-22-12-9-19(26)13-21(22)25(30)32/h3-14H,15H2,1-2H3,(H,29,31). The van der Waals surface area contributed by atoms with Gasteiger partial charge in [-0.25, -0.2) is 4.98 Å². The minimum absolute atomic E-state index is 0.163. The number of hydrogen-bond acceptors (Lipinski definition) is 5. The van der Waals surface area contributed by atoms with Crippen LogP contribution in [0.3, 0.4) is 0 Å². The quantitative estimate of drug-likeness (QED) is 0.386. The Morgan fingerprint density at radius 2 is 1.88 bits per heavy atom. The third-order valence-electron chi connectivity index (χ3n) is 4.90. The van der Waals surface area contributed by atoms with Gasteiger partial charge in [0.25, 0.3) is 11.5 Å². The van der Waals surface area contributed by atoms with Crippen LogP contribution in [0.15, 0.2) is 81.1 Å². The van der Waals surface area contributed by atoms with Gasteiger partial charge in [0.15, 0.2) is 6.61 Å². The molecule has 0 bridgehead atoms. The van der Waals surface area contributed by atoms with E-state index in [0.717, 1.165) is 10.0 Å². The van der Waals surface area contributed by atoms with Gasteiger partial charge in [0, 0.05) is 15.7 Å². The van der Waals surface area contributed by atoms with Crippen molar-refractivity contribution < 1.29 is 9.53 Å². The number of amides is 1. The molecule has 0 fully saturated rings. The number of rotatable bonds is 6. The van der Waals surface area contributed by atoms with Crippen LogP contribution in [-0.2, 0) is 4.79 Å². The van der Waals surface area contributed by atoms with Gasteiger partial charge in [0.2, 0.25) is 0 Å². The number of para-hydroxylation sites is 1. The van der Waals surface area contributed by atoms with Gasteiger partial charge < -0.3 is 10.1 Å². The molecular formula is C25H21BrN4O3. The molecule has 4 aromatic rings. The maximum absolute atomic E-state index is 12.9. The van der Waals surface area contributed by atoms with Crippen LogP contribution in [0.2, 0.25) is 0 Å². The van der Waals surface area contributed by atoms with Crippen molar-refractivity contribution in [3.63, 3.8) is 0 Å². The van der Waals surface area contributed by atoms with E-state index in [1.165, 1.54) is 10.9 Å². The first-order valence-corrected chi connectivity index (χ1v) is 11.0. The second-order valence-electron chi connectivity index (χ2n) is 7.42. The number of anilines is 1. The Labute approximate surface area is 198 Å². The molecule has 3 aromatic carbocycles. The molecule has 0 saturated carbocycles. The number of halogens is 1. The van der Waals surface area contributed by atoms with Gasteiger partial charge in [-0.15, -0.1) is 0 Å². The molecule has 166 valence electrons. The van der Waals surface area contributed by atoms with Crippen LogP contribution in [0.1, 0.15) is 17.0 Å². The molecular weight excluding hydrogens is 484 g/mol. The van der Waals surface area contributed by atoms with Crippen molar-refractivity contribution in [2.45, 2.75) is 13.8 Å². The van der Waals surface area contributed by atoms with Crippen LogP contribution in [0, 0.1) is 13.8 Å². The fourth-order valence-electron chi connectivity index (χ4n) is 3.21. The molecule has 0 aliphatic rings. The zero-order valence-corrected chi connectivity index (χ0v) is 19.7. The second-order valence-corrected chi connectivity index (χ2v) is 8.34. The van der Waals surface area contributed by atoms with Gasteiger partial charge in [-0.05, 0) is 56.3 Å². The van der Waals surface area contributed by atoms with Crippen LogP contribution in [0.4, 0.5) is 5.69 Å². The van der Waals surface area contributed by atoms with Gasteiger partial charge in [0.1, 0.15) is 11.6 Å². The van der Waals surface area contributed by atoms with E-state index in [2.05, 4.69) is 31.3 Å². The lowest BCUT2D eigenvalue weighted by atomic mass is 10.2. The molecule has 1 amide bonds. The monoisotopic (exact) mass is 504 g/mol. The molecule has 7 nitrogen and oxygen atoms in total. The zero-order chi connectivity index (χ0) is 23.4. The van der Waals surface area contributed by atoms with Crippen LogP contribution >= 0.6 is 15.9 Å². The normalized spacial score (nSPS) is 11.1. The van der Waals surface area contributed by atoms with Gasteiger partial charge in [-0.1, -0.05) is 45.8 Å². The van der Waals surface area contributed by atoms with Gasteiger partial charge in [-0.3, -0.25) is 9.59 Å². The summed E-state index contributed by atoms with van der Waals surface area (Å²) in [7, 11) is 0. The maximum Gasteiger partial charge on any atom is 0.282 e. The minimum Gasteiger partial charge on any atom is -0.483 e. The Bertz CT molecular complexity index is 1410. The molecule has 33 heavy (non-hydrogen) atoms. The van der Waals surface area contributed by atoms with E-state index in [9.17, 15) is 9.59 Å². The number of carbonyl (C=O) groups excluding carboxylic acids is 1. The van der Waals surface area contributed by atoms with Gasteiger partial charge in [-0.2, -0.15) is 9.78 Å². The summed E-state index contributed by atoms with van der Waals surface area (Å²) in [5.41, 5.74) is 2.78. The Balaban J connectivity index is 1.52. The van der Waals surface area contributed by atoms with E-state index in [1.807, 2.05) is 43.3 Å². The molecule has 0 saturated heterocycles. The number of benzene rings is 3. The summed E-state index contributed by atoms with van der Waals surface area (Å²) in [4.78, 5) is 29.7. The van der Waals surface area contributed by atoms with Crippen molar-refractivity contribution in [3.8, 4) is 5.75 Å². The summed E-state index contributed by atoms with van der Waals surface area (Å²) in [5.74, 6) is 0.659. The molecule has 1 heterocycles. The van der Waals surface area contributed by atoms with E-state index < -0.39 is 0 Å². The average Bonchev–Trinajstić information content (AvgIpc) is 2.80. The highest BCUT2D eigenvalue weighted by molar-refractivity contribution is 9.10. The molecule has 0 aliphatic heterocycles. The number of ether oxygens (including phenoxy) is 1. The Morgan fingerprint density at radius 3 is 2.67 bits per heavy atom. The lowest BCUT2D eigenvalue weighted by Gasteiger charge is -2.10. The average molecular weight is 505 g/mol. The minimum atomic E-state index is -0.276. The van der Waals surface area contributed by atoms with E-state index in [0.29, 0.717) is 33.7 Å². The highest BCUT2D eigenvalue weighted by Crippen LogP contribution is 2.18. The summed E-state index contributed by atoms with van der Waals surface area (Å²) in [6.07, 6.45) is 1.52. The Morgan fingerprint density at radius 1 is 1.12 bits per heavy atom. The molecule has 0 atom stereocenters. The number of hydrogen-bond donors (Lipinski definition) is 1. The SMILES string of the molecule is Cc1ccc(NC(=O)COc2ccccc2C=Nn2c(C)nc3ccc(Br)cc3c2=O)cc1. The molecule has 0 spiro atoms. The predicted octanol–water partition coefficient (Wildman–Crippen LogP) is 4.68. The fourth-order valence-corrected chi connectivity index (χ4v) is 3.57. The molecule has 1 N–H and O–H groups in total. The van der Waals surface area contributed by atoms with Crippen molar-refractivity contribution in [1.82, 2.24) is 9.66 Å². The van der Waals surface area contributed by atoms with Crippen LogP contribution in [0.5, 0.6) is 5.75 Å². The summed E-state index contributed by atoms with van der Waals surface area (Å²) in [5, 5.41) is 7.60. The van der Waals surface area contributed by atoms with Gasteiger partial charge >= 0.3 is 0 Å². The summed E-state index contributed by atoms with van der Waals surface area (Å²) >= 11 is 3.38. The van der Waals surface area contributed by atoms with Crippen molar-refractivity contribution >= 4 is 44.6 Å². The molecule has 0 aliphatic carbocycles. The Hall–Kier alpha value is -3.78. The van der Waals surface area contributed by atoms with E-state index >= 15 is 0 Å². The molecule has 0 unspecified atom stereocenters. The van der Waals surface area contributed by atoms with E-state index in [-0.39, 0.29) is 18.1 Å². The molecule has 0 radical (unpaired) electrons. The molecule has 1 aromatic heterocycles. The van der Waals surface area contributed by atoms with Crippen molar-refractivity contribution in [2.75, 3.05) is 11.9 Å². The van der Waals surface area contributed by atoms with Crippen molar-refractivity contribution in [3.05, 3.63) is 98.5 Å². The topological polar surface area (TPSA) is 85.6 Å². The van der Waals surface area contributed by atoms with E-state index in [4.69, 9.17) is 4.74 Å². The predicted molar refractivity (Wildman–Crippen MR) is 133 cm³/mol. The number of aromatic nitrogens is 2. The largest absolute Gasteiger partial charge is 0.483 e. The first-order chi connectivity index (χ1) is 15.9. The number of nitrogens with zero attached hydrogens (tertiary/aromatic N) is 3. The number of carbonyl (C=O) groups is 1. The van der Waals surface area contributed by atoms with E-state index in [1.54, 1.807) is 37.3 Å². The summed E-state index contributed by atoms with van der Waals surface area (Å²) in [6, 6.07) is 20.0. The lowest BCUT2D eigenvalue weighted by molar-refractivity contribution is -0.118.